The van der Waals surface area contributed by atoms with Crippen LogP contribution in [0, 0.1) is 18.8 Å². The maximum absolute atomic E-state index is 3.54. The first-order valence-electron chi connectivity index (χ1n) is 6.42. The molecule has 1 unspecified atom stereocenters. The van der Waals surface area contributed by atoms with Gasteiger partial charge in [0.15, 0.2) is 0 Å². The fraction of sp³-hybridized carbons (Fsp3) is 0.714. The smallest absolute Gasteiger partial charge is 0.0357 e. The Balaban J connectivity index is 2.08. The van der Waals surface area contributed by atoms with Crippen LogP contribution in [0.25, 0.3) is 0 Å². The minimum atomic E-state index is 0.582. The summed E-state index contributed by atoms with van der Waals surface area (Å²) in [4.78, 5) is 0. The Morgan fingerprint density at radius 1 is 1.25 bits per heavy atom. The lowest BCUT2D eigenvalue weighted by atomic mass is 9.77. The van der Waals surface area contributed by atoms with Crippen molar-refractivity contribution in [3.63, 3.8) is 0 Å². The summed E-state index contributed by atoms with van der Waals surface area (Å²) in [6.07, 6.45) is 5.60. The zero-order chi connectivity index (χ0) is 11.5. The normalized spacial score (nSPS) is 27.9. The number of thiophene rings is 1. The van der Waals surface area contributed by atoms with E-state index in [0.29, 0.717) is 6.04 Å². The molecular formula is C14H23NS. The Bertz CT molecular complexity index is 323. The quantitative estimate of drug-likeness (QED) is 0.833. The van der Waals surface area contributed by atoms with Crippen molar-refractivity contribution in [1.82, 2.24) is 5.32 Å². The van der Waals surface area contributed by atoms with Crippen LogP contribution in [0.5, 0.6) is 0 Å². The Labute approximate surface area is 103 Å². The SMILES string of the molecule is CNC(c1cscc1C)C1CCC(C)CC1. The van der Waals surface area contributed by atoms with Gasteiger partial charge in [0.2, 0.25) is 0 Å². The monoisotopic (exact) mass is 237 g/mol. The highest BCUT2D eigenvalue weighted by Gasteiger charge is 2.27. The van der Waals surface area contributed by atoms with Crippen LogP contribution in [0.1, 0.15) is 49.8 Å². The molecule has 1 aliphatic carbocycles. The van der Waals surface area contributed by atoms with Crippen molar-refractivity contribution in [3.8, 4) is 0 Å². The molecule has 1 fully saturated rings. The highest BCUT2D eigenvalue weighted by Crippen LogP contribution is 2.38. The Kier molecular flexibility index (Phi) is 4.04. The topological polar surface area (TPSA) is 12.0 Å². The van der Waals surface area contributed by atoms with E-state index in [-0.39, 0.29) is 0 Å². The zero-order valence-electron chi connectivity index (χ0n) is 10.6. The molecule has 1 atom stereocenters. The van der Waals surface area contributed by atoms with Gasteiger partial charge in [-0.25, -0.2) is 0 Å². The third-order valence-corrected chi connectivity index (χ3v) is 4.95. The lowest BCUT2D eigenvalue weighted by molar-refractivity contribution is 0.238. The van der Waals surface area contributed by atoms with Crippen LogP contribution >= 0.6 is 11.3 Å². The Morgan fingerprint density at radius 2 is 1.94 bits per heavy atom. The second-order valence-electron chi connectivity index (χ2n) is 5.30. The van der Waals surface area contributed by atoms with E-state index in [9.17, 15) is 0 Å². The molecule has 0 amide bonds. The van der Waals surface area contributed by atoms with Crippen LogP contribution in [0.2, 0.25) is 0 Å². The van der Waals surface area contributed by atoms with Gasteiger partial charge in [-0.15, -0.1) is 0 Å². The Morgan fingerprint density at radius 3 is 2.44 bits per heavy atom. The standard InChI is InChI=1S/C14H23NS/c1-10-4-6-12(7-5-10)14(15-3)13-9-16-8-11(13)2/h8-10,12,14-15H,4-7H2,1-3H3. The number of aryl methyl sites for hydroxylation is 1. The van der Waals surface area contributed by atoms with Gasteiger partial charge < -0.3 is 5.32 Å². The van der Waals surface area contributed by atoms with Gasteiger partial charge in [-0.05, 0) is 60.5 Å². The summed E-state index contributed by atoms with van der Waals surface area (Å²) >= 11 is 1.83. The maximum atomic E-state index is 3.54. The van der Waals surface area contributed by atoms with E-state index in [1.54, 1.807) is 0 Å². The first kappa shape index (κ1) is 12.1. The summed E-state index contributed by atoms with van der Waals surface area (Å²) in [6.45, 7) is 4.63. The highest BCUT2D eigenvalue weighted by atomic mass is 32.1. The molecule has 1 aromatic rings. The Hall–Kier alpha value is -0.340. The molecule has 0 saturated heterocycles. The molecule has 0 spiro atoms. The number of nitrogens with one attached hydrogen (secondary N) is 1. The van der Waals surface area contributed by atoms with Crippen molar-refractivity contribution in [3.05, 3.63) is 21.9 Å². The molecule has 1 heterocycles. The van der Waals surface area contributed by atoms with Gasteiger partial charge in [0.1, 0.15) is 0 Å². The largest absolute Gasteiger partial charge is 0.313 e. The molecule has 1 nitrogen and oxygen atoms in total. The van der Waals surface area contributed by atoms with E-state index in [2.05, 4.69) is 37.0 Å². The third kappa shape index (κ3) is 2.49. The second-order valence-corrected chi connectivity index (χ2v) is 6.04. The van der Waals surface area contributed by atoms with Crippen LogP contribution < -0.4 is 5.32 Å². The lowest BCUT2D eigenvalue weighted by Crippen LogP contribution is -2.28. The summed E-state index contributed by atoms with van der Waals surface area (Å²) in [6, 6.07) is 0.582. The molecule has 1 aromatic heterocycles. The van der Waals surface area contributed by atoms with Crippen molar-refractivity contribution < 1.29 is 0 Å². The minimum Gasteiger partial charge on any atom is -0.313 e. The highest BCUT2D eigenvalue weighted by molar-refractivity contribution is 7.08. The zero-order valence-corrected chi connectivity index (χ0v) is 11.4. The van der Waals surface area contributed by atoms with Crippen molar-refractivity contribution in [2.45, 2.75) is 45.6 Å². The van der Waals surface area contributed by atoms with E-state index in [4.69, 9.17) is 0 Å². The van der Waals surface area contributed by atoms with Crippen molar-refractivity contribution in [1.29, 1.82) is 0 Å². The fourth-order valence-electron chi connectivity index (χ4n) is 2.95. The molecule has 16 heavy (non-hydrogen) atoms. The molecule has 1 N–H and O–H groups in total. The van der Waals surface area contributed by atoms with Crippen LogP contribution in [0.4, 0.5) is 0 Å². The van der Waals surface area contributed by atoms with Gasteiger partial charge in [-0.2, -0.15) is 11.3 Å². The molecule has 2 rings (SSSR count). The number of rotatable bonds is 3. The molecule has 2 heteroatoms. The van der Waals surface area contributed by atoms with Gasteiger partial charge >= 0.3 is 0 Å². The van der Waals surface area contributed by atoms with E-state index in [1.165, 1.54) is 36.8 Å². The predicted molar refractivity (Wildman–Crippen MR) is 72.0 cm³/mol. The number of hydrogen-bond donors (Lipinski definition) is 1. The van der Waals surface area contributed by atoms with Gasteiger partial charge in [-0.3, -0.25) is 0 Å². The molecule has 0 bridgehead atoms. The number of hydrogen-bond acceptors (Lipinski definition) is 2. The average Bonchev–Trinajstić information content (AvgIpc) is 2.69. The molecular weight excluding hydrogens is 214 g/mol. The molecule has 0 radical (unpaired) electrons. The minimum absolute atomic E-state index is 0.582. The lowest BCUT2D eigenvalue weighted by Gasteiger charge is -2.32. The van der Waals surface area contributed by atoms with Crippen LogP contribution in [0.15, 0.2) is 10.8 Å². The van der Waals surface area contributed by atoms with E-state index in [0.717, 1.165) is 11.8 Å². The molecule has 0 aliphatic heterocycles. The predicted octanol–water partition coefficient (Wildman–Crippen LogP) is 4.14. The van der Waals surface area contributed by atoms with Crippen molar-refractivity contribution in [2.75, 3.05) is 7.05 Å². The summed E-state index contributed by atoms with van der Waals surface area (Å²) in [5.41, 5.74) is 3.00. The van der Waals surface area contributed by atoms with Gasteiger partial charge in [-0.1, -0.05) is 19.8 Å². The van der Waals surface area contributed by atoms with Gasteiger partial charge in [0, 0.05) is 6.04 Å². The van der Waals surface area contributed by atoms with Crippen molar-refractivity contribution in [2.24, 2.45) is 11.8 Å². The van der Waals surface area contributed by atoms with Crippen LogP contribution in [0.3, 0.4) is 0 Å². The average molecular weight is 237 g/mol. The van der Waals surface area contributed by atoms with Crippen LogP contribution in [-0.2, 0) is 0 Å². The molecule has 1 saturated carbocycles. The summed E-state index contributed by atoms with van der Waals surface area (Å²) in [5.74, 6) is 1.78. The fourth-order valence-corrected chi connectivity index (χ4v) is 3.84. The van der Waals surface area contributed by atoms with Crippen molar-refractivity contribution >= 4 is 11.3 Å². The maximum Gasteiger partial charge on any atom is 0.0357 e. The first-order valence-corrected chi connectivity index (χ1v) is 7.36. The second kappa shape index (κ2) is 5.33. The van der Waals surface area contributed by atoms with E-state index >= 15 is 0 Å². The summed E-state index contributed by atoms with van der Waals surface area (Å²) in [7, 11) is 2.11. The summed E-state index contributed by atoms with van der Waals surface area (Å²) < 4.78 is 0. The molecule has 90 valence electrons. The first-order chi connectivity index (χ1) is 7.72. The molecule has 1 aliphatic rings. The summed E-state index contributed by atoms with van der Waals surface area (Å²) in [5, 5.41) is 8.13. The van der Waals surface area contributed by atoms with Crippen LogP contribution in [-0.4, -0.2) is 7.05 Å². The van der Waals surface area contributed by atoms with Gasteiger partial charge in [0.25, 0.3) is 0 Å². The van der Waals surface area contributed by atoms with E-state index in [1.807, 2.05) is 11.3 Å². The molecule has 0 aromatic carbocycles. The third-order valence-electron chi connectivity index (χ3n) is 4.07. The van der Waals surface area contributed by atoms with Gasteiger partial charge in [0.05, 0.1) is 0 Å². The van der Waals surface area contributed by atoms with E-state index < -0.39 is 0 Å².